The smallest absolute Gasteiger partial charge is 0.0698 e. The summed E-state index contributed by atoms with van der Waals surface area (Å²) in [7, 11) is 0. The van der Waals surface area contributed by atoms with E-state index in [1.165, 1.54) is 5.69 Å². The summed E-state index contributed by atoms with van der Waals surface area (Å²) in [5.74, 6) is 0. The summed E-state index contributed by atoms with van der Waals surface area (Å²) in [6.07, 6.45) is 0. The van der Waals surface area contributed by atoms with E-state index in [1.807, 2.05) is 12.1 Å². The van der Waals surface area contributed by atoms with Crippen LogP contribution in [0.1, 0.15) is 0 Å². The van der Waals surface area contributed by atoms with Gasteiger partial charge in [-0.3, -0.25) is 4.90 Å². The molecule has 1 aliphatic rings. The standard InChI is InChI=1S/C14H23N3O2/c15-13-1-3-14(4-2-13)17-7-5-16(6-8-17)9-11-19-12-10-18/h1-4,18H,5-12,15H2. The molecule has 1 saturated heterocycles. The normalized spacial score (nSPS) is 16.8. The second kappa shape index (κ2) is 7.33. The number of rotatable bonds is 6. The quantitative estimate of drug-likeness (QED) is 0.576. The summed E-state index contributed by atoms with van der Waals surface area (Å²) in [4.78, 5) is 4.77. The predicted molar refractivity (Wildman–Crippen MR) is 77.4 cm³/mol. The zero-order chi connectivity index (χ0) is 13.5. The fourth-order valence-corrected chi connectivity index (χ4v) is 2.28. The number of nitrogen functional groups attached to an aromatic ring is 1. The van der Waals surface area contributed by atoms with Gasteiger partial charge in [0.05, 0.1) is 19.8 Å². The Morgan fingerprint density at radius 1 is 1.05 bits per heavy atom. The first-order valence-electron chi connectivity index (χ1n) is 6.81. The van der Waals surface area contributed by atoms with Gasteiger partial charge in [0, 0.05) is 44.1 Å². The van der Waals surface area contributed by atoms with Crippen LogP contribution in [0.15, 0.2) is 24.3 Å². The summed E-state index contributed by atoms with van der Waals surface area (Å²) in [5, 5.41) is 8.63. The van der Waals surface area contributed by atoms with Crippen LogP contribution in [0.25, 0.3) is 0 Å². The van der Waals surface area contributed by atoms with E-state index >= 15 is 0 Å². The first kappa shape index (κ1) is 14.1. The molecule has 0 bridgehead atoms. The van der Waals surface area contributed by atoms with Gasteiger partial charge in [-0.2, -0.15) is 0 Å². The number of aliphatic hydroxyl groups is 1. The van der Waals surface area contributed by atoms with Crippen LogP contribution < -0.4 is 10.6 Å². The third kappa shape index (κ3) is 4.38. The van der Waals surface area contributed by atoms with Crippen molar-refractivity contribution in [1.29, 1.82) is 0 Å². The average Bonchev–Trinajstić information content (AvgIpc) is 2.45. The molecule has 0 aliphatic carbocycles. The number of ether oxygens (including phenoxy) is 1. The van der Waals surface area contributed by atoms with E-state index in [9.17, 15) is 0 Å². The summed E-state index contributed by atoms with van der Waals surface area (Å²) >= 11 is 0. The summed E-state index contributed by atoms with van der Waals surface area (Å²) in [6, 6.07) is 8.06. The van der Waals surface area contributed by atoms with Crippen LogP contribution in [-0.2, 0) is 4.74 Å². The topological polar surface area (TPSA) is 62.0 Å². The highest BCUT2D eigenvalue weighted by Gasteiger charge is 2.16. The van der Waals surface area contributed by atoms with E-state index in [0.717, 1.165) is 38.4 Å². The number of hydrogen-bond acceptors (Lipinski definition) is 5. The van der Waals surface area contributed by atoms with E-state index in [4.69, 9.17) is 15.6 Å². The molecule has 5 nitrogen and oxygen atoms in total. The predicted octanol–water partition coefficient (Wildman–Crippen LogP) is 0.400. The van der Waals surface area contributed by atoms with E-state index in [0.29, 0.717) is 13.2 Å². The Morgan fingerprint density at radius 2 is 1.74 bits per heavy atom. The van der Waals surface area contributed by atoms with E-state index < -0.39 is 0 Å². The minimum atomic E-state index is 0.102. The largest absolute Gasteiger partial charge is 0.399 e. The van der Waals surface area contributed by atoms with Gasteiger partial charge in [-0.1, -0.05) is 0 Å². The number of benzene rings is 1. The molecular formula is C14H23N3O2. The van der Waals surface area contributed by atoms with Gasteiger partial charge >= 0.3 is 0 Å². The molecule has 19 heavy (non-hydrogen) atoms. The van der Waals surface area contributed by atoms with E-state index in [2.05, 4.69) is 21.9 Å². The number of anilines is 2. The second-order valence-corrected chi connectivity index (χ2v) is 4.76. The molecule has 0 spiro atoms. The average molecular weight is 265 g/mol. The second-order valence-electron chi connectivity index (χ2n) is 4.76. The number of nitrogens with zero attached hydrogens (tertiary/aromatic N) is 2. The summed E-state index contributed by atoms with van der Waals surface area (Å²) in [5.41, 5.74) is 7.75. The molecule has 0 amide bonds. The summed E-state index contributed by atoms with van der Waals surface area (Å²) in [6.45, 7) is 6.34. The SMILES string of the molecule is Nc1ccc(N2CCN(CCOCCO)CC2)cc1. The minimum absolute atomic E-state index is 0.102. The third-order valence-corrected chi connectivity index (χ3v) is 3.42. The van der Waals surface area contributed by atoms with Crippen molar-refractivity contribution in [3.05, 3.63) is 24.3 Å². The van der Waals surface area contributed by atoms with Gasteiger partial charge in [0.2, 0.25) is 0 Å². The molecular weight excluding hydrogens is 242 g/mol. The van der Waals surface area contributed by atoms with Gasteiger partial charge in [-0.25, -0.2) is 0 Å². The van der Waals surface area contributed by atoms with Crippen molar-refractivity contribution < 1.29 is 9.84 Å². The molecule has 3 N–H and O–H groups in total. The Bertz CT molecular complexity index is 361. The maximum Gasteiger partial charge on any atom is 0.0698 e. The Kier molecular flexibility index (Phi) is 5.44. The van der Waals surface area contributed by atoms with Crippen LogP contribution in [0.2, 0.25) is 0 Å². The molecule has 0 radical (unpaired) electrons. The van der Waals surface area contributed by atoms with Gasteiger partial charge in [0.1, 0.15) is 0 Å². The number of hydrogen-bond donors (Lipinski definition) is 2. The lowest BCUT2D eigenvalue weighted by Crippen LogP contribution is -2.47. The van der Waals surface area contributed by atoms with Crippen molar-refractivity contribution >= 4 is 11.4 Å². The lowest BCUT2D eigenvalue weighted by molar-refractivity contribution is 0.0724. The van der Waals surface area contributed by atoms with Crippen LogP contribution in [-0.4, -0.2) is 62.6 Å². The zero-order valence-electron chi connectivity index (χ0n) is 11.3. The van der Waals surface area contributed by atoms with Gasteiger partial charge in [0.15, 0.2) is 0 Å². The van der Waals surface area contributed by atoms with Crippen molar-refractivity contribution in [3.8, 4) is 0 Å². The molecule has 1 aliphatic heterocycles. The van der Waals surface area contributed by atoms with Gasteiger partial charge in [-0.05, 0) is 24.3 Å². The number of nitrogens with two attached hydrogens (primary N) is 1. The van der Waals surface area contributed by atoms with Gasteiger partial charge in [0.25, 0.3) is 0 Å². The molecule has 1 aromatic rings. The molecule has 0 atom stereocenters. The molecule has 0 aromatic heterocycles. The maximum atomic E-state index is 8.63. The molecule has 1 fully saturated rings. The maximum absolute atomic E-state index is 8.63. The Hall–Kier alpha value is -1.30. The fraction of sp³-hybridized carbons (Fsp3) is 0.571. The van der Waals surface area contributed by atoms with Crippen LogP contribution in [0.5, 0.6) is 0 Å². The van der Waals surface area contributed by atoms with Crippen LogP contribution in [0.3, 0.4) is 0 Å². The van der Waals surface area contributed by atoms with Gasteiger partial charge < -0.3 is 20.5 Å². The van der Waals surface area contributed by atoms with E-state index in [1.54, 1.807) is 0 Å². The first-order valence-corrected chi connectivity index (χ1v) is 6.81. The van der Waals surface area contributed by atoms with Crippen molar-refractivity contribution in [3.63, 3.8) is 0 Å². The first-order chi connectivity index (χ1) is 9.29. The highest BCUT2D eigenvalue weighted by atomic mass is 16.5. The molecule has 0 saturated carbocycles. The van der Waals surface area contributed by atoms with Crippen molar-refractivity contribution in [2.75, 3.05) is 63.2 Å². The Morgan fingerprint density at radius 3 is 2.37 bits per heavy atom. The van der Waals surface area contributed by atoms with Crippen molar-refractivity contribution in [2.45, 2.75) is 0 Å². The van der Waals surface area contributed by atoms with Crippen LogP contribution >= 0.6 is 0 Å². The molecule has 2 rings (SSSR count). The van der Waals surface area contributed by atoms with Crippen molar-refractivity contribution in [1.82, 2.24) is 4.90 Å². The zero-order valence-corrected chi connectivity index (χ0v) is 11.3. The van der Waals surface area contributed by atoms with Crippen LogP contribution in [0, 0.1) is 0 Å². The highest BCUT2D eigenvalue weighted by molar-refractivity contribution is 5.53. The molecule has 106 valence electrons. The lowest BCUT2D eigenvalue weighted by atomic mass is 10.2. The van der Waals surface area contributed by atoms with Crippen LogP contribution in [0.4, 0.5) is 11.4 Å². The molecule has 1 aromatic carbocycles. The lowest BCUT2D eigenvalue weighted by Gasteiger charge is -2.36. The highest BCUT2D eigenvalue weighted by Crippen LogP contribution is 2.17. The molecule has 0 unspecified atom stereocenters. The monoisotopic (exact) mass is 265 g/mol. The van der Waals surface area contributed by atoms with Gasteiger partial charge in [-0.15, -0.1) is 0 Å². The third-order valence-electron chi connectivity index (χ3n) is 3.42. The minimum Gasteiger partial charge on any atom is -0.399 e. The number of aliphatic hydroxyl groups excluding tert-OH is 1. The molecule has 1 heterocycles. The Labute approximate surface area is 114 Å². The van der Waals surface area contributed by atoms with Crippen molar-refractivity contribution in [2.24, 2.45) is 0 Å². The summed E-state index contributed by atoms with van der Waals surface area (Å²) < 4.78 is 5.29. The van der Waals surface area contributed by atoms with E-state index in [-0.39, 0.29) is 6.61 Å². The number of piperazine rings is 1. The molecule has 5 heteroatoms. The Balaban J connectivity index is 1.71. The fourth-order valence-electron chi connectivity index (χ4n) is 2.28.